The van der Waals surface area contributed by atoms with Crippen molar-refractivity contribution in [3.8, 4) is 0 Å². The Morgan fingerprint density at radius 3 is 2.59 bits per heavy atom. The van der Waals surface area contributed by atoms with Crippen molar-refractivity contribution < 1.29 is 4.79 Å². The second kappa shape index (κ2) is 5.68. The number of para-hydroxylation sites is 1. The van der Waals surface area contributed by atoms with E-state index in [1.165, 1.54) is 5.56 Å². The van der Waals surface area contributed by atoms with E-state index in [9.17, 15) is 4.79 Å². The zero-order valence-electron chi connectivity index (χ0n) is 13.2. The Morgan fingerprint density at radius 2 is 1.86 bits per heavy atom. The van der Waals surface area contributed by atoms with E-state index in [0.29, 0.717) is 0 Å². The average Bonchev–Trinajstić information content (AvgIpc) is 2.79. The van der Waals surface area contributed by atoms with Gasteiger partial charge >= 0.3 is 0 Å². The van der Waals surface area contributed by atoms with Gasteiger partial charge in [-0.2, -0.15) is 0 Å². The first kappa shape index (κ1) is 14.4. The van der Waals surface area contributed by atoms with Crippen molar-refractivity contribution in [2.24, 2.45) is 0 Å². The highest BCUT2D eigenvalue weighted by molar-refractivity contribution is 6.34. The monoisotopic (exact) mass is 292 g/mol. The lowest BCUT2D eigenvalue weighted by Gasteiger charge is -2.18. The molecule has 2 aromatic carbocycles. The predicted octanol–water partition coefficient (Wildman–Crippen LogP) is 3.83. The van der Waals surface area contributed by atoms with Gasteiger partial charge in [-0.25, -0.2) is 0 Å². The third kappa shape index (κ3) is 2.39. The molecule has 1 aliphatic rings. The fraction of sp³-hybridized carbons (Fsp3) is 0.211. The van der Waals surface area contributed by atoms with E-state index in [0.717, 1.165) is 28.9 Å². The Morgan fingerprint density at radius 1 is 1.09 bits per heavy atom. The van der Waals surface area contributed by atoms with Gasteiger partial charge in [0.15, 0.2) is 0 Å². The molecule has 1 aliphatic heterocycles. The van der Waals surface area contributed by atoms with Crippen LogP contribution < -0.4 is 4.90 Å². The molecule has 2 aromatic rings. The Kier molecular flexibility index (Phi) is 3.72. The number of carbonyl (C=O) groups is 1. The lowest BCUT2D eigenvalue weighted by atomic mass is 10.1. The van der Waals surface area contributed by atoms with Crippen molar-refractivity contribution >= 4 is 22.9 Å². The van der Waals surface area contributed by atoms with Crippen molar-refractivity contribution in [1.82, 2.24) is 4.90 Å². The first-order valence-electron chi connectivity index (χ1n) is 7.53. The van der Waals surface area contributed by atoms with E-state index in [4.69, 9.17) is 0 Å². The summed E-state index contributed by atoms with van der Waals surface area (Å²) in [6, 6.07) is 16.1. The van der Waals surface area contributed by atoms with Gasteiger partial charge < -0.3 is 4.90 Å². The Hall–Kier alpha value is -2.55. The van der Waals surface area contributed by atoms with Gasteiger partial charge in [-0.05, 0) is 30.2 Å². The fourth-order valence-corrected chi connectivity index (χ4v) is 2.80. The van der Waals surface area contributed by atoms with E-state index in [2.05, 4.69) is 19.1 Å². The normalized spacial score (nSPS) is 15.3. The quantitative estimate of drug-likeness (QED) is 0.803. The van der Waals surface area contributed by atoms with Gasteiger partial charge in [0.1, 0.15) is 0 Å². The number of fused-ring (bicyclic) bond motifs is 1. The molecule has 0 N–H and O–H groups in total. The van der Waals surface area contributed by atoms with E-state index < -0.39 is 0 Å². The number of amides is 1. The van der Waals surface area contributed by atoms with Crippen LogP contribution in [0.4, 0.5) is 11.4 Å². The van der Waals surface area contributed by atoms with Gasteiger partial charge in [0.2, 0.25) is 0 Å². The second-order valence-electron chi connectivity index (χ2n) is 5.69. The maximum absolute atomic E-state index is 12.9. The second-order valence-corrected chi connectivity index (χ2v) is 5.69. The molecule has 3 nitrogen and oxygen atoms in total. The van der Waals surface area contributed by atoms with E-state index in [1.807, 2.05) is 66.5 Å². The Bertz CT molecular complexity index is 747. The lowest BCUT2D eigenvalue weighted by Crippen LogP contribution is -2.21. The third-order valence-electron chi connectivity index (χ3n) is 3.83. The minimum absolute atomic E-state index is 0.0307. The molecule has 22 heavy (non-hydrogen) atoms. The van der Waals surface area contributed by atoms with Crippen molar-refractivity contribution in [1.29, 1.82) is 0 Å². The summed E-state index contributed by atoms with van der Waals surface area (Å²) in [5.41, 5.74) is 4.84. The first-order chi connectivity index (χ1) is 10.6. The molecule has 0 atom stereocenters. The number of nitrogens with zero attached hydrogens (tertiary/aromatic N) is 2. The molecule has 0 spiro atoms. The zero-order chi connectivity index (χ0) is 15.7. The summed E-state index contributed by atoms with van der Waals surface area (Å²) >= 11 is 0. The molecule has 0 bridgehead atoms. The third-order valence-corrected chi connectivity index (χ3v) is 3.83. The van der Waals surface area contributed by atoms with Gasteiger partial charge in [-0.15, -0.1) is 0 Å². The van der Waals surface area contributed by atoms with Crippen LogP contribution in [0.15, 0.2) is 54.7 Å². The molecule has 0 unspecified atom stereocenters. The van der Waals surface area contributed by atoms with Crippen LogP contribution in [0, 0.1) is 0 Å². The van der Waals surface area contributed by atoms with Crippen molar-refractivity contribution in [3.05, 3.63) is 65.9 Å². The fourth-order valence-electron chi connectivity index (χ4n) is 2.80. The molecule has 0 saturated carbocycles. The highest BCUT2D eigenvalue weighted by Crippen LogP contribution is 2.41. The van der Waals surface area contributed by atoms with Gasteiger partial charge in [0.05, 0.1) is 11.3 Å². The SMILES string of the molecule is CCc1cccc(N2C(=O)C(=CN(C)C)c3ccccc32)c1. The number of rotatable bonds is 3. The summed E-state index contributed by atoms with van der Waals surface area (Å²) in [4.78, 5) is 16.7. The molecule has 3 heteroatoms. The number of carbonyl (C=O) groups excluding carboxylic acids is 1. The topological polar surface area (TPSA) is 23.6 Å². The molecule has 0 radical (unpaired) electrons. The molecule has 112 valence electrons. The van der Waals surface area contributed by atoms with E-state index in [-0.39, 0.29) is 5.91 Å². The highest BCUT2D eigenvalue weighted by Gasteiger charge is 2.33. The van der Waals surface area contributed by atoms with Crippen molar-refractivity contribution in [3.63, 3.8) is 0 Å². The van der Waals surface area contributed by atoms with Crippen molar-refractivity contribution in [2.75, 3.05) is 19.0 Å². The van der Waals surface area contributed by atoms with Crippen LogP contribution >= 0.6 is 0 Å². The number of aryl methyl sites for hydroxylation is 1. The van der Waals surface area contributed by atoms with Crippen LogP contribution in [0.3, 0.4) is 0 Å². The van der Waals surface area contributed by atoms with Crippen LogP contribution in [0.1, 0.15) is 18.1 Å². The summed E-state index contributed by atoms with van der Waals surface area (Å²) in [5, 5.41) is 0. The molecule has 1 amide bonds. The van der Waals surface area contributed by atoms with Gasteiger partial charge in [0, 0.05) is 31.5 Å². The first-order valence-corrected chi connectivity index (χ1v) is 7.53. The summed E-state index contributed by atoms with van der Waals surface area (Å²) in [6.07, 6.45) is 2.85. The number of hydrogen-bond donors (Lipinski definition) is 0. The van der Waals surface area contributed by atoms with Crippen LogP contribution in [0.25, 0.3) is 5.57 Å². The maximum atomic E-state index is 12.9. The van der Waals surface area contributed by atoms with Crippen molar-refractivity contribution in [2.45, 2.75) is 13.3 Å². The van der Waals surface area contributed by atoms with Gasteiger partial charge in [-0.3, -0.25) is 9.69 Å². The van der Waals surface area contributed by atoms with Gasteiger partial charge in [-0.1, -0.05) is 37.3 Å². The van der Waals surface area contributed by atoms with Gasteiger partial charge in [0.25, 0.3) is 5.91 Å². The van der Waals surface area contributed by atoms with Crippen LogP contribution in [0.5, 0.6) is 0 Å². The minimum Gasteiger partial charge on any atom is -0.383 e. The molecule has 0 saturated heterocycles. The van der Waals surface area contributed by atoms with Crippen LogP contribution in [-0.4, -0.2) is 24.9 Å². The minimum atomic E-state index is 0.0307. The molecular formula is C19H20N2O. The Balaban J connectivity index is 2.15. The zero-order valence-corrected chi connectivity index (χ0v) is 13.2. The summed E-state index contributed by atoms with van der Waals surface area (Å²) in [7, 11) is 3.87. The van der Waals surface area contributed by atoms with Crippen LogP contribution in [0.2, 0.25) is 0 Å². The molecule has 0 aromatic heterocycles. The maximum Gasteiger partial charge on any atom is 0.265 e. The summed E-state index contributed by atoms with van der Waals surface area (Å²) < 4.78 is 0. The van der Waals surface area contributed by atoms with E-state index in [1.54, 1.807) is 0 Å². The Labute approximate surface area is 131 Å². The smallest absolute Gasteiger partial charge is 0.265 e. The number of hydrogen-bond acceptors (Lipinski definition) is 2. The standard InChI is InChI=1S/C19H20N2O/c1-4-14-8-7-9-15(12-14)21-18-11-6-5-10-16(18)17(19(21)22)13-20(2)3/h5-13H,4H2,1-3H3. The average molecular weight is 292 g/mol. The molecule has 3 rings (SSSR count). The predicted molar refractivity (Wildman–Crippen MR) is 91.1 cm³/mol. The lowest BCUT2D eigenvalue weighted by molar-refractivity contribution is -0.112. The number of benzene rings is 2. The number of anilines is 2. The molecule has 1 heterocycles. The summed E-state index contributed by atoms with van der Waals surface area (Å²) in [5.74, 6) is 0.0307. The van der Waals surface area contributed by atoms with E-state index >= 15 is 0 Å². The molecule has 0 aliphatic carbocycles. The highest BCUT2D eigenvalue weighted by atomic mass is 16.2. The van der Waals surface area contributed by atoms with Crippen LogP contribution in [-0.2, 0) is 11.2 Å². The molecular weight excluding hydrogens is 272 g/mol. The summed E-state index contributed by atoms with van der Waals surface area (Å²) in [6.45, 7) is 2.12. The largest absolute Gasteiger partial charge is 0.383 e. The molecule has 0 fully saturated rings.